The van der Waals surface area contributed by atoms with Crippen molar-refractivity contribution in [1.29, 1.82) is 0 Å². The van der Waals surface area contributed by atoms with Crippen molar-refractivity contribution in [2.24, 2.45) is 0 Å². The molecule has 20 heavy (non-hydrogen) atoms. The molecule has 0 fully saturated rings. The number of carboxylic acids is 1. The van der Waals surface area contributed by atoms with Gasteiger partial charge in [-0.05, 0) is 12.1 Å². The van der Waals surface area contributed by atoms with Gasteiger partial charge in [0.2, 0.25) is 0 Å². The van der Waals surface area contributed by atoms with Gasteiger partial charge in [0.05, 0.1) is 24.0 Å². The first-order valence-electron chi connectivity index (χ1n) is 5.99. The molecule has 5 nitrogen and oxygen atoms in total. The molecule has 0 saturated heterocycles. The molecule has 1 aromatic carbocycles. The van der Waals surface area contributed by atoms with Crippen LogP contribution in [0, 0.1) is 0 Å². The fourth-order valence-corrected chi connectivity index (χ4v) is 2.63. The zero-order valence-corrected chi connectivity index (χ0v) is 11.2. The van der Waals surface area contributed by atoms with Crippen LogP contribution in [-0.4, -0.2) is 25.8 Å². The summed E-state index contributed by atoms with van der Waals surface area (Å²) in [5, 5.41) is 15.6. The highest BCUT2D eigenvalue weighted by Gasteiger charge is 2.10. The molecule has 0 radical (unpaired) electrons. The van der Waals surface area contributed by atoms with Crippen molar-refractivity contribution < 1.29 is 9.90 Å². The van der Waals surface area contributed by atoms with Gasteiger partial charge in [0.15, 0.2) is 0 Å². The molecule has 100 valence electrons. The van der Waals surface area contributed by atoms with E-state index in [1.807, 2.05) is 36.5 Å². The molecule has 0 bridgehead atoms. The maximum absolute atomic E-state index is 10.7. The summed E-state index contributed by atoms with van der Waals surface area (Å²) in [6, 6.07) is 9.78. The topological polar surface area (TPSA) is 68.0 Å². The third kappa shape index (κ3) is 2.60. The highest BCUT2D eigenvalue weighted by Crippen LogP contribution is 2.24. The Morgan fingerprint density at radius 2 is 2.10 bits per heavy atom. The van der Waals surface area contributed by atoms with Crippen LogP contribution in [-0.2, 0) is 11.2 Å². The fraction of sp³-hybridized carbons (Fsp3) is 0.0714. The molecule has 0 aliphatic heterocycles. The van der Waals surface area contributed by atoms with Crippen molar-refractivity contribution in [3.05, 3.63) is 53.8 Å². The molecule has 0 aliphatic rings. The molecule has 3 aromatic rings. The first-order chi connectivity index (χ1) is 9.72. The van der Waals surface area contributed by atoms with Crippen molar-refractivity contribution in [1.82, 2.24) is 14.8 Å². The van der Waals surface area contributed by atoms with Crippen molar-refractivity contribution in [2.45, 2.75) is 6.42 Å². The molecule has 0 unspecified atom stereocenters. The first-order valence-corrected chi connectivity index (χ1v) is 6.87. The normalized spacial score (nSPS) is 10.6. The third-order valence-corrected chi connectivity index (χ3v) is 3.67. The SMILES string of the molecule is O=C(O)Cc1csc(-c2cnn(-c3ccccc3)c2)n1. The lowest BCUT2D eigenvalue weighted by Gasteiger charge is -1.98. The Hall–Kier alpha value is -2.47. The zero-order valence-electron chi connectivity index (χ0n) is 10.4. The van der Waals surface area contributed by atoms with Gasteiger partial charge in [-0.25, -0.2) is 9.67 Å². The predicted octanol–water partition coefficient (Wildman–Crippen LogP) is 2.62. The lowest BCUT2D eigenvalue weighted by molar-refractivity contribution is -0.136. The van der Waals surface area contributed by atoms with Gasteiger partial charge in [-0.2, -0.15) is 5.10 Å². The summed E-state index contributed by atoms with van der Waals surface area (Å²) in [7, 11) is 0. The summed E-state index contributed by atoms with van der Waals surface area (Å²) in [5.74, 6) is -0.873. The van der Waals surface area contributed by atoms with Crippen LogP contribution < -0.4 is 0 Å². The van der Waals surface area contributed by atoms with E-state index in [0.717, 1.165) is 16.3 Å². The van der Waals surface area contributed by atoms with Crippen LogP contribution in [0.1, 0.15) is 5.69 Å². The fourth-order valence-electron chi connectivity index (χ4n) is 1.83. The summed E-state index contributed by atoms with van der Waals surface area (Å²) in [5.41, 5.74) is 2.43. The number of carbonyl (C=O) groups is 1. The molecule has 2 aromatic heterocycles. The van der Waals surface area contributed by atoms with E-state index >= 15 is 0 Å². The Bertz CT molecular complexity index is 734. The number of aromatic nitrogens is 3. The van der Waals surface area contributed by atoms with Crippen molar-refractivity contribution in [3.8, 4) is 16.3 Å². The largest absolute Gasteiger partial charge is 0.481 e. The Morgan fingerprint density at radius 1 is 1.30 bits per heavy atom. The van der Waals surface area contributed by atoms with Crippen LogP contribution in [0.3, 0.4) is 0 Å². The van der Waals surface area contributed by atoms with Crippen molar-refractivity contribution in [2.75, 3.05) is 0 Å². The molecular formula is C14H11N3O2S. The summed E-state index contributed by atoms with van der Waals surface area (Å²) in [6.07, 6.45) is 3.57. The molecule has 1 N–H and O–H groups in total. The highest BCUT2D eigenvalue weighted by atomic mass is 32.1. The minimum absolute atomic E-state index is 0.0523. The smallest absolute Gasteiger partial charge is 0.309 e. The minimum Gasteiger partial charge on any atom is -0.481 e. The van der Waals surface area contributed by atoms with Gasteiger partial charge < -0.3 is 5.11 Å². The lowest BCUT2D eigenvalue weighted by atomic mass is 10.3. The van der Waals surface area contributed by atoms with Gasteiger partial charge in [0.25, 0.3) is 0 Å². The van der Waals surface area contributed by atoms with Crippen LogP contribution in [0.2, 0.25) is 0 Å². The minimum atomic E-state index is -0.873. The van der Waals surface area contributed by atoms with Gasteiger partial charge in [-0.3, -0.25) is 4.79 Å². The number of benzene rings is 1. The van der Waals surface area contributed by atoms with Gasteiger partial charge in [0.1, 0.15) is 5.01 Å². The van der Waals surface area contributed by atoms with E-state index in [-0.39, 0.29) is 6.42 Å². The Balaban J connectivity index is 1.87. The first kappa shape index (κ1) is 12.6. The van der Waals surface area contributed by atoms with Gasteiger partial charge >= 0.3 is 5.97 Å². The third-order valence-electron chi connectivity index (χ3n) is 2.73. The van der Waals surface area contributed by atoms with Gasteiger partial charge in [0, 0.05) is 17.1 Å². The summed E-state index contributed by atoms with van der Waals surface area (Å²) in [4.78, 5) is 15.0. The summed E-state index contributed by atoms with van der Waals surface area (Å²) >= 11 is 1.43. The second kappa shape index (κ2) is 5.26. The molecule has 0 amide bonds. The Kier molecular flexibility index (Phi) is 3.30. The molecule has 0 atom stereocenters. The number of nitrogens with zero attached hydrogens (tertiary/aromatic N) is 3. The van der Waals surface area contributed by atoms with Crippen LogP contribution in [0.5, 0.6) is 0 Å². The van der Waals surface area contributed by atoms with Crippen LogP contribution in [0.15, 0.2) is 48.1 Å². The van der Waals surface area contributed by atoms with E-state index in [0.29, 0.717) is 5.69 Å². The monoisotopic (exact) mass is 285 g/mol. The van der Waals surface area contributed by atoms with E-state index in [9.17, 15) is 4.79 Å². The standard InChI is InChI=1S/C14H11N3O2S/c18-13(19)6-11-9-20-14(16-11)10-7-15-17(8-10)12-4-2-1-3-5-12/h1-5,7-9H,6H2,(H,18,19). The molecule has 6 heteroatoms. The maximum atomic E-state index is 10.7. The van der Waals surface area contributed by atoms with Gasteiger partial charge in [-0.15, -0.1) is 11.3 Å². The zero-order chi connectivity index (χ0) is 13.9. The summed E-state index contributed by atoms with van der Waals surface area (Å²) in [6.45, 7) is 0. The molecule has 2 heterocycles. The number of thiazole rings is 1. The Morgan fingerprint density at radius 3 is 2.85 bits per heavy atom. The van der Waals surface area contributed by atoms with Crippen LogP contribution in [0.25, 0.3) is 16.3 Å². The highest BCUT2D eigenvalue weighted by molar-refractivity contribution is 7.13. The number of hydrogen-bond donors (Lipinski definition) is 1. The number of rotatable bonds is 4. The molecule has 0 saturated carbocycles. The number of para-hydroxylation sites is 1. The maximum Gasteiger partial charge on any atom is 0.309 e. The number of hydrogen-bond acceptors (Lipinski definition) is 4. The van der Waals surface area contributed by atoms with E-state index < -0.39 is 5.97 Å². The molecule has 0 aliphatic carbocycles. The predicted molar refractivity (Wildman–Crippen MR) is 76.0 cm³/mol. The van der Waals surface area contributed by atoms with Gasteiger partial charge in [-0.1, -0.05) is 18.2 Å². The second-order valence-corrected chi connectivity index (χ2v) is 5.08. The van der Waals surface area contributed by atoms with E-state index in [1.165, 1.54) is 11.3 Å². The van der Waals surface area contributed by atoms with E-state index in [2.05, 4.69) is 10.1 Å². The van der Waals surface area contributed by atoms with Crippen LogP contribution in [0.4, 0.5) is 0 Å². The Labute approximate surface area is 119 Å². The lowest BCUT2D eigenvalue weighted by Crippen LogP contribution is -1.99. The summed E-state index contributed by atoms with van der Waals surface area (Å²) < 4.78 is 1.77. The molecular weight excluding hydrogens is 274 g/mol. The van der Waals surface area contributed by atoms with E-state index in [4.69, 9.17) is 5.11 Å². The second-order valence-electron chi connectivity index (χ2n) is 4.22. The number of carboxylic acid groups (broad SMARTS) is 1. The number of aliphatic carboxylic acids is 1. The van der Waals surface area contributed by atoms with Crippen LogP contribution >= 0.6 is 11.3 Å². The molecule has 0 spiro atoms. The average Bonchev–Trinajstić information content (AvgIpc) is 3.07. The van der Waals surface area contributed by atoms with Crippen molar-refractivity contribution >= 4 is 17.3 Å². The van der Waals surface area contributed by atoms with E-state index in [1.54, 1.807) is 16.3 Å². The quantitative estimate of drug-likeness (QED) is 0.800. The van der Waals surface area contributed by atoms with Crippen molar-refractivity contribution in [3.63, 3.8) is 0 Å². The molecule has 3 rings (SSSR count). The average molecular weight is 285 g/mol.